The van der Waals surface area contributed by atoms with Crippen LogP contribution in [0.1, 0.15) is 36.5 Å². The van der Waals surface area contributed by atoms with Gasteiger partial charge in [-0.1, -0.05) is 19.8 Å². The fraction of sp³-hybridized carbons (Fsp3) is 0.350. The fourth-order valence-corrected chi connectivity index (χ4v) is 3.86. The van der Waals surface area contributed by atoms with Gasteiger partial charge in [0.25, 0.3) is 0 Å². The second-order valence-corrected chi connectivity index (χ2v) is 8.45. The van der Waals surface area contributed by atoms with Crippen molar-refractivity contribution in [2.45, 2.75) is 26.2 Å². The Bertz CT molecular complexity index is 911. The van der Waals surface area contributed by atoms with E-state index in [1.165, 1.54) is 17.5 Å². The van der Waals surface area contributed by atoms with Crippen LogP contribution < -0.4 is 14.8 Å². The van der Waals surface area contributed by atoms with E-state index in [9.17, 15) is 13.2 Å². The molecule has 2 aromatic rings. The number of ether oxygens (including phenoxy) is 2. The van der Waals surface area contributed by atoms with Gasteiger partial charge in [0.05, 0.1) is 24.1 Å². The number of hydrogen-bond acceptors (Lipinski definition) is 6. The third-order valence-corrected chi connectivity index (χ3v) is 6.14. The summed E-state index contributed by atoms with van der Waals surface area (Å²) >= 11 is 0. The largest absolute Gasteiger partial charge is 0.465 e. The number of carbonyl (C=O) groups is 1. The highest BCUT2D eigenvalue weighted by Gasteiger charge is 2.18. The average Bonchev–Trinajstić information content (AvgIpc) is 2.69. The number of rotatable bonds is 9. The molecule has 0 atom stereocenters. The van der Waals surface area contributed by atoms with Crippen LogP contribution in [0.4, 0.5) is 11.4 Å². The van der Waals surface area contributed by atoms with Gasteiger partial charge in [-0.3, -0.25) is 4.31 Å². The summed E-state index contributed by atoms with van der Waals surface area (Å²) in [6.45, 7) is 2.03. The molecule has 0 unspecified atom stereocenters. The molecule has 28 heavy (non-hydrogen) atoms. The summed E-state index contributed by atoms with van der Waals surface area (Å²) in [6, 6.07) is 11.4. The number of methoxy groups -OCH3 is 1. The molecule has 2 rings (SSSR count). The second kappa shape index (κ2) is 9.45. The van der Waals surface area contributed by atoms with Crippen LogP contribution in [0.3, 0.4) is 0 Å². The van der Waals surface area contributed by atoms with E-state index in [1.807, 2.05) is 6.92 Å². The molecule has 0 heterocycles. The highest BCUT2D eigenvalue weighted by atomic mass is 32.2. The van der Waals surface area contributed by atoms with Crippen LogP contribution in [0.5, 0.6) is 11.5 Å². The Balaban J connectivity index is 2.12. The van der Waals surface area contributed by atoms with E-state index in [-0.39, 0.29) is 11.3 Å². The number of sulfonamides is 1. The van der Waals surface area contributed by atoms with Crippen LogP contribution in [-0.4, -0.2) is 34.3 Å². The first-order valence-electron chi connectivity index (χ1n) is 9.01. The normalized spacial score (nSPS) is 11.1. The van der Waals surface area contributed by atoms with Crippen LogP contribution in [0.15, 0.2) is 42.5 Å². The average molecular weight is 407 g/mol. The quantitative estimate of drug-likeness (QED) is 0.386. The third kappa shape index (κ3) is 5.39. The third-order valence-electron chi connectivity index (χ3n) is 4.29. The molecule has 0 spiro atoms. The summed E-state index contributed by atoms with van der Waals surface area (Å²) in [5, 5.41) is 0. The maximum absolute atomic E-state index is 12.4. The summed E-state index contributed by atoms with van der Waals surface area (Å²) in [5.41, 5.74) is 6.84. The van der Waals surface area contributed by atoms with Crippen molar-refractivity contribution in [2.75, 3.05) is 29.9 Å². The van der Waals surface area contributed by atoms with E-state index in [2.05, 4.69) is 0 Å². The molecule has 0 radical (unpaired) electrons. The first-order valence-corrected chi connectivity index (χ1v) is 10.6. The van der Waals surface area contributed by atoms with Crippen molar-refractivity contribution in [3.05, 3.63) is 48.0 Å². The number of benzene rings is 2. The summed E-state index contributed by atoms with van der Waals surface area (Å²) in [7, 11) is -0.533. The van der Waals surface area contributed by atoms with Crippen molar-refractivity contribution in [3.8, 4) is 11.5 Å². The first-order chi connectivity index (χ1) is 13.3. The van der Waals surface area contributed by atoms with Crippen LogP contribution in [0.2, 0.25) is 0 Å². The van der Waals surface area contributed by atoms with Crippen molar-refractivity contribution in [2.24, 2.45) is 0 Å². The molecule has 0 aliphatic carbocycles. The molecule has 7 nitrogen and oxygen atoms in total. The minimum Gasteiger partial charge on any atom is -0.465 e. The highest BCUT2D eigenvalue weighted by molar-refractivity contribution is 7.92. The Morgan fingerprint density at radius 2 is 1.71 bits per heavy atom. The monoisotopic (exact) mass is 406 g/mol. The van der Waals surface area contributed by atoms with E-state index < -0.39 is 16.0 Å². The molecule has 0 aliphatic heterocycles. The van der Waals surface area contributed by atoms with E-state index in [1.54, 1.807) is 43.4 Å². The molecule has 8 heteroatoms. The van der Waals surface area contributed by atoms with E-state index in [0.29, 0.717) is 29.3 Å². The van der Waals surface area contributed by atoms with Gasteiger partial charge in [-0.2, -0.15) is 0 Å². The summed E-state index contributed by atoms with van der Waals surface area (Å²) in [4.78, 5) is 11.7. The number of nitrogen functional groups attached to an aromatic ring is 1. The van der Waals surface area contributed by atoms with Gasteiger partial charge in [0.2, 0.25) is 10.0 Å². The molecule has 2 aromatic carbocycles. The van der Waals surface area contributed by atoms with Crippen molar-refractivity contribution in [1.82, 2.24) is 0 Å². The molecular weight excluding hydrogens is 380 g/mol. The zero-order valence-electron chi connectivity index (χ0n) is 16.3. The summed E-state index contributed by atoms with van der Waals surface area (Å²) in [5.74, 6) is 0.495. The van der Waals surface area contributed by atoms with Crippen molar-refractivity contribution in [3.63, 3.8) is 0 Å². The smallest absolute Gasteiger partial charge is 0.340 e. The van der Waals surface area contributed by atoms with E-state index in [4.69, 9.17) is 15.2 Å². The minimum absolute atomic E-state index is 0.122. The number of nitrogens with two attached hydrogens (primary N) is 1. The molecular formula is C20H26N2O5S. The number of esters is 1. The zero-order valence-corrected chi connectivity index (χ0v) is 17.2. The predicted octanol–water partition coefficient (Wildman–Crippen LogP) is 3.80. The Kier molecular flexibility index (Phi) is 7.28. The maximum Gasteiger partial charge on any atom is 0.340 e. The van der Waals surface area contributed by atoms with E-state index in [0.717, 1.165) is 12.8 Å². The minimum atomic E-state index is -3.35. The van der Waals surface area contributed by atoms with Crippen molar-refractivity contribution in [1.29, 1.82) is 0 Å². The van der Waals surface area contributed by atoms with E-state index >= 15 is 0 Å². The Labute approximate surface area is 166 Å². The van der Waals surface area contributed by atoms with Gasteiger partial charge in [-0.15, -0.1) is 0 Å². The number of anilines is 2. The molecule has 2 N–H and O–H groups in total. The first kappa shape index (κ1) is 21.6. The maximum atomic E-state index is 12.4. The number of nitrogens with zero attached hydrogens (tertiary/aromatic N) is 1. The molecule has 0 fully saturated rings. The van der Waals surface area contributed by atoms with Gasteiger partial charge in [-0.25, -0.2) is 13.2 Å². The number of unbranched alkanes of at least 4 members (excludes halogenated alkanes) is 2. The van der Waals surface area contributed by atoms with Gasteiger partial charge >= 0.3 is 5.97 Å². The SMILES string of the molecule is CCCCCS(=O)(=O)N(C)c1ccc(Oc2ccc(N)c(C(=O)OC)c2)cc1. The molecule has 152 valence electrons. The molecule has 0 saturated carbocycles. The summed E-state index contributed by atoms with van der Waals surface area (Å²) < 4.78 is 36.5. The van der Waals surface area contributed by atoms with Crippen molar-refractivity contribution < 1.29 is 22.7 Å². The second-order valence-electron chi connectivity index (χ2n) is 6.33. The van der Waals surface area contributed by atoms with Gasteiger partial charge in [0.15, 0.2) is 0 Å². The van der Waals surface area contributed by atoms with Crippen LogP contribution in [-0.2, 0) is 14.8 Å². The molecule has 0 aromatic heterocycles. The lowest BCUT2D eigenvalue weighted by Crippen LogP contribution is -2.28. The van der Waals surface area contributed by atoms with Gasteiger partial charge in [0, 0.05) is 12.7 Å². The van der Waals surface area contributed by atoms with Crippen LogP contribution in [0.25, 0.3) is 0 Å². The Morgan fingerprint density at radius 1 is 1.07 bits per heavy atom. The summed E-state index contributed by atoms with van der Waals surface area (Å²) in [6.07, 6.45) is 2.49. The van der Waals surface area contributed by atoms with Gasteiger partial charge in [-0.05, 0) is 48.9 Å². The Morgan fingerprint density at radius 3 is 2.32 bits per heavy atom. The molecule has 0 amide bonds. The fourth-order valence-electron chi connectivity index (χ4n) is 2.58. The van der Waals surface area contributed by atoms with Gasteiger partial charge < -0.3 is 15.2 Å². The molecule has 0 bridgehead atoms. The standard InChI is InChI=1S/C20H26N2O5S/c1-4-5-6-13-28(24,25)22(2)15-7-9-16(10-8-15)27-17-11-12-19(21)18(14-17)20(23)26-3/h7-12,14H,4-6,13,21H2,1-3H3. The van der Waals surface area contributed by atoms with Crippen molar-refractivity contribution >= 4 is 27.4 Å². The number of hydrogen-bond donors (Lipinski definition) is 1. The lowest BCUT2D eigenvalue weighted by molar-refractivity contribution is 0.0601. The zero-order chi connectivity index (χ0) is 20.7. The predicted molar refractivity (Wildman–Crippen MR) is 110 cm³/mol. The lowest BCUT2D eigenvalue weighted by Gasteiger charge is -2.19. The lowest BCUT2D eigenvalue weighted by atomic mass is 10.1. The topological polar surface area (TPSA) is 98.9 Å². The highest BCUT2D eigenvalue weighted by Crippen LogP contribution is 2.28. The number of carbonyl (C=O) groups excluding carboxylic acids is 1. The van der Waals surface area contributed by atoms with Crippen LogP contribution >= 0.6 is 0 Å². The van der Waals surface area contributed by atoms with Gasteiger partial charge in [0.1, 0.15) is 11.5 Å². The molecule has 0 aliphatic rings. The Hall–Kier alpha value is -2.74. The van der Waals surface area contributed by atoms with Crippen LogP contribution in [0, 0.1) is 0 Å². The molecule has 0 saturated heterocycles.